The number of ether oxygens (including phenoxy) is 1. The van der Waals surface area contributed by atoms with E-state index in [1.54, 1.807) is 20.8 Å². The standard InChI is InChI=1S/C20H32O5/c1-11(2)8-9-13-16(22)15(14(21)10-12(3)4)17(23)18(13)25-19(24)20(5,6)7/h11-13,18,23H,8-10H2,1-7H3. The van der Waals surface area contributed by atoms with Crippen molar-refractivity contribution in [2.45, 2.75) is 73.8 Å². The molecule has 0 spiro atoms. The van der Waals surface area contributed by atoms with Gasteiger partial charge >= 0.3 is 5.97 Å². The van der Waals surface area contributed by atoms with Crippen LogP contribution in [0.5, 0.6) is 0 Å². The van der Waals surface area contributed by atoms with E-state index in [0.29, 0.717) is 12.3 Å². The molecule has 1 aliphatic carbocycles. The van der Waals surface area contributed by atoms with Gasteiger partial charge in [0.2, 0.25) is 0 Å². The SMILES string of the molecule is CC(C)CCC1C(=O)C(C(=O)CC(C)C)=C(O)C1OC(=O)C(C)(C)C. The van der Waals surface area contributed by atoms with Gasteiger partial charge in [0, 0.05) is 6.42 Å². The topological polar surface area (TPSA) is 80.7 Å². The third-order valence-electron chi connectivity index (χ3n) is 4.25. The highest BCUT2D eigenvalue weighted by atomic mass is 16.6. The predicted molar refractivity (Wildman–Crippen MR) is 96.0 cm³/mol. The number of esters is 1. The van der Waals surface area contributed by atoms with Gasteiger partial charge in [0.25, 0.3) is 0 Å². The molecule has 25 heavy (non-hydrogen) atoms. The number of carbonyl (C=O) groups excluding carboxylic acids is 3. The lowest BCUT2D eigenvalue weighted by Gasteiger charge is -2.24. The van der Waals surface area contributed by atoms with Gasteiger partial charge in [-0.25, -0.2) is 0 Å². The quantitative estimate of drug-likeness (QED) is 0.553. The van der Waals surface area contributed by atoms with Crippen LogP contribution in [0.3, 0.4) is 0 Å². The van der Waals surface area contributed by atoms with Gasteiger partial charge in [-0.15, -0.1) is 0 Å². The Balaban J connectivity index is 3.14. The molecule has 0 radical (unpaired) electrons. The van der Waals surface area contributed by atoms with Gasteiger partial charge < -0.3 is 9.84 Å². The highest BCUT2D eigenvalue weighted by Crippen LogP contribution is 2.36. The van der Waals surface area contributed by atoms with Crippen LogP contribution in [0.2, 0.25) is 0 Å². The fraction of sp³-hybridized carbons (Fsp3) is 0.750. The largest absolute Gasteiger partial charge is 0.507 e. The van der Waals surface area contributed by atoms with Crippen molar-refractivity contribution in [2.24, 2.45) is 23.2 Å². The second-order valence-electron chi connectivity index (χ2n) is 8.80. The fourth-order valence-corrected chi connectivity index (χ4v) is 2.76. The number of Topliss-reactive ketones (excluding diaryl/α,β-unsaturated/α-hetero) is 2. The van der Waals surface area contributed by atoms with Gasteiger partial charge in [0.1, 0.15) is 11.3 Å². The molecule has 5 heteroatoms. The minimum atomic E-state index is -1.05. The van der Waals surface area contributed by atoms with Gasteiger partial charge in [-0.3, -0.25) is 14.4 Å². The molecule has 0 aliphatic heterocycles. The first-order valence-electron chi connectivity index (χ1n) is 9.07. The molecule has 0 amide bonds. The number of hydrogen-bond donors (Lipinski definition) is 1. The summed E-state index contributed by atoms with van der Waals surface area (Å²) in [6.45, 7) is 13.0. The van der Waals surface area contributed by atoms with Gasteiger partial charge in [0.05, 0.1) is 11.3 Å². The lowest BCUT2D eigenvalue weighted by atomic mass is 9.90. The molecule has 0 aromatic heterocycles. The molecule has 0 saturated carbocycles. The van der Waals surface area contributed by atoms with Crippen LogP contribution < -0.4 is 0 Å². The van der Waals surface area contributed by atoms with E-state index in [2.05, 4.69) is 0 Å². The van der Waals surface area contributed by atoms with Crippen LogP contribution in [0.4, 0.5) is 0 Å². The van der Waals surface area contributed by atoms with E-state index in [4.69, 9.17) is 4.74 Å². The first-order valence-corrected chi connectivity index (χ1v) is 9.07. The van der Waals surface area contributed by atoms with Crippen LogP contribution in [0.15, 0.2) is 11.3 Å². The van der Waals surface area contributed by atoms with Crippen molar-refractivity contribution in [3.63, 3.8) is 0 Å². The highest BCUT2D eigenvalue weighted by molar-refractivity contribution is 6.23. The van der Waals surface area contributed by atoms with Gasteiger partial charge in [-0.2, -0.15) is 0 Å². The Morgan fingerprint density at radius 2 is 1.68 bits per heavy atom. The maximum Gasteiger partial charge on any atom is 0.311 e. The Kier molecular flexibility index (Phi) is 6.98. The first kappa shape index (κ1) is 21.4. The third-order valence-corrected chi connectivity index (χ3v) is 4.25. The van der Waals surface area contributed by atoms with Crippen LogP contribution >= 0.6 is 0 Å². The Morgan fingerprint density at radius 3 is 2.12 bits per heavy atom. The van der Waals surface area contributed by atoms with E-state index in [1.165, 1.54) is 0 Å². The number of hydrogen-bond acceptors (Lipinski definition) is 5. The van der Waals surface area contributed by atoms with Crippen molar-refractivity contribution in [1.29, 1.82) is 0 Å². The zero-order chi connectivity index (χ0) is 19.5. The van der Waals surface area contributed by atoms with E-state index in [1.807, 2.05) is 27.7 Å². The summed E-state index contributed by atoms with van der Waals surface area (Å²) in [4.78, 5) is 37.4. The summed E-state index contributed by atoms with van der Waals surface area (Å²) in [6, 6.07) is 0. The van der Waals surface area contributed by atoms with Gasteiger partial charge in [-0.05, 0) is 39.0 Å². The van der Waals surface area contributed by atoms with Crippen LogP contribution in [-0.2, 0) is 19.1 Å². The number of allylic oxidation sites excluding steroid dienone is 1. The Hall–Kier alpha value is -1.65. The second kappa shape index (κ2) is 8.15. The van der Waals surface area contributed by atoms with Crippen LogP contribution in [0.1, 0.15) is 67.7 Å². The lowest BCUT2D eigenvalue weighted by Crippen LogP contribution is -2.33. The molecule has 2 unspecified atom stereocenters. The van der Waals surface area contributed by atoms with E-state index >= 15 is 0 Å². The van der Waals surface area contributed by atoms with Crippen molar-refractivity contribution < 1.29 is 24.2 Å². The van der Waals surface area contributed by atoms with Crippen molar-refractivity contribution in [2.75, 3.05) is 0 Å². The minimum Gasteiger partial charge on any atom is -0.507 e. The molecule has 0 heterocycles. The number of carbonyl (C=O) groups is 3. The van der Waals surface area contributed by atoms with Gasteiger partial charge in [0.15, 0.2) is 17.7 Å². The summed E-state index contributed by atoms with van der Waals surface area (Å²) in [5.41, 5.74) is -0.925. The molecule has 1 aliphatic rings. The Morgan fingerprint density at radius 1 is 1.12 bits per heavy atom. The lowest BCUT2D eigenvalue weighted by molar-refractivity contribution is -0.160. The minimum absolute atomic E-state index is 0.0749. The van der Waals surface area contributed by atoms with Crippen LogP contribution in [-0.4, -0.2) is 28.7 Å². The molecule has 1 N–H and O–H groups in total. The molecule has 1 rings (SSSR count). The van der Waals surface area contributed by atoms with Crippen LogP contribution in [0.25, 0.3) is 0 Å². The van der Waals surface area contributed by atoms with E-state index in [0.717, 1.165) is 6.42 Å². The van der Waals surface area contributed by atoms with Crippen LogP contribution in [0, 0.1) is 23.2 Å². The number of ketones is 2. The van der Waals surface area contributed by atoms with E-state index in [-0.39, 0.29) is 29.5 Å². The third kappa shape index (κ3) is 5.41. The molecular formula is C20H32O5. The average molecular weight is 352 g/mol. The zero-order valence-corrected chi connectivity index (χ0v) is 16.5. The smallest absolute Gasteiger partial charge is 0.311 e. The Bertz CT molecular complexity index is 563. The fourth-order valence-electron chi connectivity index (χ4n) is 2.76. The summed E-state index contributed by atoms with van der Waals surface area (Å²) < 4.78 is 5.47. The summed E-state index contributed by atoms with van der Waals surface area (Å²) in [5, 5.41) is 10.5. The predicted octanol–water partition coefficient (Wildman–Crippen LogP) is 4.01. The van der Waals surface area contributed by atoms with Crippen molar-refractivity contribution >= 4 is 17.5 Å². The molecule has 0 bridgehead atoms. The Labute approximate surface area is 150 Å². The summed E-state index contributed by atoms with van der Waals surface area (Å²) >= 11 is 0. The normalized spacial score (nSPS) is 21.4. The first-order chi connectivity index (χ1) is 11.4. The zero-order valence-electron chi connectivity index (χ0n) is 16.5. The number of aliphatic hydroxyl groups excluding tert-OH is 1. The maximum absolute atomic E-state index is 12.8. The van der Waals surface area contributed by atoms with Crippen molar-refractivity contribution in [1.82, 2.24) is 0 Å². The monoisotopic (exact) mass is 352 g/mol. The summed E-state index contributed by atoms with van der Waals surface area (Å²) in [5.74, 6) is -1.88. The molecule has 0 aromatic carbocycles. The molecule has 0 aromatic rings. The van der Waals surface area contributed by atoms with Crippen molar-refractivity contribution in [3.05, 3.63) is 11.3 Å². The molecular weight excluding hydrogens is 320 g/mol. The summed E-state index contributed by atoms with van der Waals surface area (Å²) in [6.07, 6.45) is 0.353. The molecule has 0 fully saturated rings. The van der Waals surface area contributed by atoms with Gasteiger partial charge in [-0.1, -0.05) is 34.1 Å². The molecule has 5 nitrogen and oxygen atoms in total. The maximum atomic E-state index is 12.8. The van der Waals surface area contributed by atoms with Crippen molar-refractivity contribution in [3.8, 4) is 0 Å². The molecule has 142 valence electrons. The number of aliphatic hydroxyl groups is 1. The van der Waals surface area contributed by atoms with E-state index in [9.17, 15) is 19.5 Å². The number of rotatable bonds is 7. The second-order valence-corrected chi connectivity index (χ2v) is 8.80. The highest BCUT2D eigenvalue weighted by Gasteiger charge is 2.47. The molecule has 0 saturated heterocycles. The summed E-state index contributed by atoms with van der Waals surface area (Å²) in [7, 11) is 0. The average Bonchev–Trinajstić information content (AvgIpc) is 2.66. The molecule has 2 atom stereocenters. The van der Waals surface area contributed by atoms with E-state index < -0.39 is 29.2 Å².